The van der Waals surface area contributed by atoms with Gasteiger partial charge >= 0.3 is 5.97 Å². The number of methoxy groups -OCH3 is 1. The van der Waals surface area contributed by atoms with Gasteiger partial charge in [-0.15, -0.1) is 0 Å². The van der Waals surface area contributed by atoms with Crippen molar-refractivity contribution in [2.45, 2.75) is 38.1 Å². The maximum atomic E-state index is 13.2. The van der Waals surface area contributed by atoms with Crippen molar-refractivity contribution < 1.29 is 27.9 Å². The lowest BCUT2D eigenvalue weighted by Gasteiger charge is -2.34. The minimum Gasteiger partial charge on any atom is -0.495 e. The minimum absolute atomic E-state index is 0.0561. The molecule has 8 nitrogen and oxygen atoms in total. The smallest absolute Gasteiger partial charge is 0.325 e. The van der Waals surface area contributed by atoms with E-state index >= 15 is 0 Å². The third-order valence-electron chi connectivity index (χ3n) is 4.60. The molecule has 1 saturated heterocycles. The zero-order chi connectivity index (χ0) is 20.4. The summed E-state index contributed by atoms with van der Waals surface area (Å²) in [7, 11) is -2.50. The number of carbonyl (C=O) groups excluding carboxylic acids is 1. The molecule has 0 aliphatic carbocycles. The Balaban J connectivity index is 2.39. The summed E-state index contributed by atoms with van der Waals surface area (Å²) in [4.78, 5) is 23.1. The maximum Gasteiger partial charge on any atom is 0.325 e. The number of hydrogen-bond donors (Lipinski definition) is 2. The summed E-state index contributed by atoms with van der Waals surface area (Å²) < 4.78 is 33.0. The zero-order valence-electron chi connectivity index (χ0n) is 15.9. The average Bonchev–Trinajstić information content (AvgIpc) is 2.60. The van der Waals surface area contributed by atoms with E-state index in [0.29, 0.717) is 13.1 Å². The highest BCUT2D eigenvalue weighted by molar-refractivity contribution is 7.89. The van der Waals surface area contributed by atoms with Crippen LogP contribution in [-0.4, -0.2) is 55.9 Å². The van der Waals surface area contributed by atoms with Crippen LogP contribution in [0, 0.1) is 11.8 Å². The van der Waals surface area contributed by atoms with Gasteiger partial charge in [-0.05, 0) is 43.4 Å². The second-order valence-corrected chi connectivity index (χ2v) is 9.07. The molecule has 1 aliphatic rings. The van der Waals surface area contributed by atoms with Gasteiger partial charge in [0.25, 0.3) is 5.91 Å². The van der Waals surface area contributed by atoms with Crippen molar-refractivity contribution in [3.05, 3.63) is 23.8 Å². The molecule has 0 saturated carbocycles. The van der Waals surface area contributed by atoms with Crippen LogP contribution in [0.5, 0.6) is 5.75 Å². The monoisotopic (exact) mass is 398 g/mol. The molecule has 0 bridgehead atoms. The maximum absolute atomic E-state index is 13.2. The van der Waals surface area contributed by atoms with E-state index in [1.54, 1.807) is 0 Å². The molecule has 2 unspecified atom stereocenters. The number of amides is 1. The molecular formula is C18H26N2O6S. The van der Waals surface area contributed by atoms with Crippen molar-refractivity contribution >= 4 is 21.9 Å². The first-order valence-electron chi connectivity index (χ1n) is 8.78. The third kappa shape index (κ3) is 4.78. The summed E-state index contributed by atoms with van der Waals surface area (Å²) in [5.74, 6) is -1.23. The Morgan fingerprint density at radius 3 is 2.37 bits per heavy atom. The Bertz CT molecular complexity index is 813. The van der Waals surface area contributed by atoms with Gasteiger partial charge in [0.1, 0.15) is 16.7 Å². The van der Waals surface area contributed by atoms with E-state index in [-0.39, 0.29) is 28.0 Å². The lowest BCUT2D eigenvalue weighted by molar-refractivity contribution is -0.138. The van der Waals surface area contributed by atoms with Gasteiger partial charge in [0, 0.05) is 18.7 Å². The molecule has 9 heteroatoms. The van der Waals surface area contributed by atoms with E-state index in [9.17, 15) is 18.0 Å². The molecule has 0 aromatic heterocycles. The second-order valence-electron chi connectivity index (χ2n) is 7.17. The Labute approximate surface area is 159 Å². The van der Waals surface area contributed by atoms with Crippen LogP contribution >= 0.6 is 0 Å². The first-order valence-corrected chi connectivity index (χ1v) is 10.2. The number of sulfonamides is 1. The standard InChI is InChI=1S/C18H26N2O6S/c1-11-7-12(2)10-20(9-11)27(24,25)16-8-14(5-6-15(16)26-4)17(21)19-13(3)18(22)23/h5-6,8,11-13H,7,9-10H2,1-4H3,(H,19,21)(H,22,23)/t11?,12?,13-/m0/s1. The van der Waals surface area contributed by atoms with Crippen molar-refractivity contribution in [2.24, 2.45) is 11.8 Å². The Hall–Kier alpha value is -2.13. The number of carbonyl (C=O) groups is 2. The van der Waals surface area contributed by atoms with Gasteiger partial charge in [-0.3, -0.25) is 9.59 Å². The first-order chi connectivity index (χ1) is 12.6. The largest absolute Gasteiger partial charge is 0.495 e. The molecule has 1 aromatic rings. The molecule has 1 aromatic carbocycles. The molecule has 2 N–H and O–H groups in total. The number of hydrogen-bond acceptors (Lipinski definition) is 5. The fourth-order valence-electron chi connectivity index (χ4n) is 3.30. The van der Waals surface area contributed by atoms with Gasteiger partial charge in [0.15, 0.2) is 0 Å². The van der Waals surface area contributed by atoms with Crippen molar-refractivity contribution in [3.63, 3.8) is 0 Å². The summed E-state index contributed by atoms with van der Waals surface area (Å²) in [6, 6.07) is 2.96. The van der Waals surface area contributed by atoms with Crippen LogP contribution in [-0.2, 0) is 14.8 Å². The number of carboxylic acids is 1. The molecule has 2 rings (SSSR count). The molecule has 1 amide bonds. The van der Waals surface area contributed by atoms with Gasteiger partial charge < -0.3 is 15.2 Å². The molecular weight excluding hydrogens is 372 g/mol. The van der Waals surface area contributed by atoms with Gasteiger partial charge in [0.05, 0.1) is 7.11 Å². The Kier molecular flexibility index (Phi) is 6.48. The highest BCUT2D eigenvalue weighted by Gasteiger charge is 2.34. The second kappa shape index (κ2) is 8.26. The third-order valence-corrected chi connectivity index (χ3v) is 6.45. The van der Waals surface area contributed by atoms with Crippen LogP contribution < -0.4 is 10.1 Å². The molecule has 1 fully saturated rings. The van der Waals surface area contributed by atoms with Crippen molar-refractivity contribution in [2.75, 3.05) is 20.2 Å². The highest BCUT2D eigenvalue weighted by atomic mass is 32.2. The summed E-state index contributed by atoms with van der Waals surface area (Å²) in [6.07, 6.45) is 0.957. The fourth-order valence-corrected chi connectivity index (χ4v) is 5.16. The Morgan fingerprint density at radius 1 is 1.26 bits per heavy atom. The van der Waals surface area contributed by atoms with Crippen molar-refractivity contribution in [1.29, 1.82) is 0 Å². The van der Waals surface area contributed by atoms with E-state index in [0.717, 1.165) is 6.42 Å². The number of carboxylic acid groups (broad SMARTS) is 1. The van der Waals surface area contributed by atoms with Crippen molar-refractivity contribution in [1.82, 2.24) is 9.62 Å². The van der Waals surface area contributed by atoms with Crippen LogP contribution in [0.4, 0.5) is 0 Å². The topological polar surface area (TPSA) is 113 Å². The highest BCUT2D eigenvalue weighted by Crippen LogP contribution is 2.32. The molecule has 0 radical (unpaired) electrons. The van der Waals surface area contributed by atoms with E-state index in [2.05, 4.69) is 5.32 Å². The normalized spacial score (nSPS) is 22.1. The van der Waals surface area contributed by atoms with E-state index in [1.165, 1.54) is 36.5 Å². The summed E-state index contributed by atoms with van der Waals surface area (Å²) >= 11 is 0. The minimum atomic E-state index is -3.86. The van der Waals surface area contributed by atoms with Gasteiger partial charge in [-0.25, -0.2) is 8.42 Å². The van der Waals surface area contributed by atoms with Crippen LogP contribution in [0.15, 0.2) is 23.1 Å². The number of nitrogens with zero attached hydrogens (tertiary/aromatic N) is 1. The fraction of sp³-hybridized carbons (Fsp3) is 0.556. The quantitative estimate of drug-likeness (QED) is 0.752. The predicted molar refractivity (Wildman–Crippen MR) is 99.3 cm³/mol. The van der Waals surface area contributed by atoms with Crippen molar-refractivity contribution in [3.8, 4) is 5.75 Å². The predicted octanol–water partition coefficient (Wildman–Crippen LogP) is 1.56. The Morgan fingerprint density at radius 2 is 1.85 bits per heavy atom. The molecule has 27 heavy (non-hydrogen) atoms. The molecule has 150 valence electrons. The average molecular weight is 398 g/mol. The van der Waals surface area contributed by atoms with Crippen LogP contribution in [0.25, 0.3) is 0 Å². The molecule has 0 spiro atoms. The zero-order valence-corrected chi connectivity index (χ0v) is 16.7. The molecule has 1 aliphatic heterocycles. The van der Waals surface area contributed by atoms with Crippen LogP contribution in [0.3, 0.4) is 0 Å². The van der Waals surface area contributed by atoms with Crippen LogP contribution in [0.1, 0.15) is 37.6 Å². The lowest BCUT2D eigenvalue weighted by atomic mass is 9.94. The van der Waals surface area contributed by atoms with Crippen LogP contribution in [0.2, 0.25) is 0 Å². The summed E-state index contributed by atoms with van der Waals surface area (Å²) in [5, 5.41) is 11.2. The first kappa shape index (κ1) is 21.2. The van der Waals surface area contributed by atoms with Gasteiger partial charge in [-0.2, -0.15) is 4.31 Å². The number of rotatable bonds is 6. The summed E-state index contributed by atoms with van der Waals surface area (Å²) in [6.45, 7) is 6.15. The lowest BCUT2D eigenvalue weighted by Crippen LogP contribution is -2.42. The van der Waals surface area contributed by atoms with Gasteiger partial charge in [0.2, 0.25) is 10.0 Å². The number of aliphatic carboxylic acids is 1. The van der Waals surface area contributed by atoms with Gasteiger partial charge in [-0.1, -0.05) is 13.8 Å². The summed E-state index contributed by atoms with van der Waals surface area (Å²) in [5.41, 5.74) is 0.0561. The number of ether oxygens (including phenoxy) is 1. The number of benzene rings is 1. The number of nitrogens with one attached hydrogen (secondary N) is 1. The molecule has 1 heterocycles. The van der Waals surface area contributed by atoms with E-state index in [1.807, 2.05) is 13.8 Å². The molecule has 3 atom stereocenters. The van der Waals surface area contributed by atoms with E-state index < -0.39 is 27.9 Å². The van der Waals surface area contributed by atoms with E-state index in [4.69, 9.17) is 9.84 Å². The number of piperidine rings is 1. The SMILES string of the molecule is COc1ccc(C(=O)N[C@@H](C)C(=O)O)cc1S(=O)(=O)N1CC(C)CC(C)C1.